The van der Waals surface area contributed by atoms with Gasteiger partial charge in [-0.05, 0) is 54.4 Å². The second-order valence-corrected chi connectivity index (χ2v) is 9.14. The van der Waals surface area contributed by atoms with Gasteiger partial charge in [-0.25, -0.2) is 4.79 Å². The van der Waals surface area contributed by atoms with E-state index in [9.17, 15) is 20.0 Å². The maximum atomic E-state index is 13.3. The highest BCUT2D eigenvalue weighted by molar-refractivity contribution is 5.81. The third-order valence-electron chi connectivity index (χ3n) is 6.32. The summed E-state index contributed by atoms with van der Waals surface area (Å²) in [6.07, 6.45) is 3.09. The summed E-state index contributed by atoms with van der Waals surface area (Å²) in [4.78, 5) is 24.3. The zero-order valence-corrected chi connectivity index (χ0v) is 18.9. The summed E-state index contributed by atoms with van der Waals surface area (Å²) in [5.41, 5.74) is 0.992. The Labute approximate surface area is 188 Å². The molecule has 1 aliphatic rings. The minimum Gasteiger partial charge on any atom is -0.508 e. The minimum absolute atomic E-state index is 0.0950. The van der Waals surface area contributed by atoms with Crippen LogP contribution >= 0.6 is 0 Å². The fourth-order valence-corrected chi connectivity index (χ4v) is 4.49. The predicted molar refractivity (Wildman–Crippen MR) is 124 cm³/mol. The number of hydrogen-bond acceptors (Lipinski definition) is 6. The third-order valence-corrected chi connectivity index (χ3v) is 6.32. The number of rotatable bonds is 8. The van der Waals surface area contributed by atoms with Crippen molar-refractivity contribution in [1.82, 2.24) is 0 Å². The van der Waals surface area contributed by atoms with E-state index >= 15 is 0 Å². The van der Waals surface area contributed by atoms with Gasteiger partial charge in [-0.3, -0.25) is 10.1 Å². The average molecular weight is 441 g/mol. The Balaban J connectivity index is 1.84. The molecule has 7 heteroatoms. The molecule has 0 amide bonds. The Kier molecular flexibility index (Phi) is 7.72. The lowest BCUT2D eigenvalue weighted by molar-refractivity contribution is -0.384. The van der Waals surface area contributed by atoms with Crippen LogP contribution in [0.3, 0.4) is 0 Å². The first-order valence-corrected chi connectivity index (χ1v) is 11.2. The van der Waals surface area contributed by atoms with Crippen LogP contribution in [0, 0.1) is 27.9 Å². The lowest BCUT2D eigenvalue weighted by Crippen LogP contribution is -2.41. The van der Waals surface area contributed by atoms with Gasteiger partial charge in [-0.2, -0.15) is 0 Å². The first-order chi connectivity index (χ1) is 15.2. The highest BCUT2D eigenvalue weighted by atomic mass is 16.6. The number of nitrogens with one attached hydrogen (secondary N) is 1. The average Bonchev–Trinajstić information content (AvgIpc) is 2.74. The molecule has 3 rings (SSSR count). The van der Waals surface area contributed by atoms with E-state index in [4.69, 9.17) is 4.74 Å². The molecule has 1 saturated carbocycles. The van der Waals surface area contributed by atoms with Gasteiger partial charge in [0.25, 0.3) is 5.69 Å². The van der Waals surface area contributed by atoms with E-state index in [2.05, 4.69) is 26.1 Å². The second kappa shape index (κ2) is 10.5. The maximum absolute atomic E-state index is 13.3. The number of nitrogens with zero attached hydrogens (tertiary/aromatic N) is 1. The van der Waals surface area contributed by atoms with Crippen molar-refractivity contribution in [2.45, 2.75) is 58.6 Å². The number of anilines is 1. The molecule has 1 fully saturated rings. The maximum Gasteiger partial charge on any atom is 0.329 e. The van der Waals surface area contributed by atoms with Gasteiger partial charge in [0.15, 0.2) is 0 Å². The number of nitro benzene ring substituents is 1. The SMILES string of the molecule is CC1CCC(C(C)C)C(OC(=O)[C@@H](Cc2ccc(O)cc2)Nc2ccccc2[N+](=O)[O-])C1. The zero-order chi connectivity index (χ0) is 23.3. The number of hydrogen-bond donors (Lipinski definition) is 2. The topological polar surface area (TPSA) is 102 Å². The van der Waals surface area contributed by atoms with Crippen LogP contribution in [0.15, 0.2) is 48.5 Å². The van der Waals surface area contributed by atoms with Crippen molar-refractivity contribution in [2.75, 3.05) is 5.32 Å². The standard InChI is InChI=1S/C25H32N2O5/c1-16(2)20-13-8-17(3)14-24(20)32-25(29)22(15-18-9-11-19(28)12-10-18)26-21-6-4-5-7-23(21)27(30)31/h4-7,9-12,16-17,20,22,24,26,28H,8,13-15H2,1-3H3/t17?,20?,22-,24?/m1/s1. The Morgan fingerprint density at radius 2 is 1.88 bits per heavy atom. The van der Waals surface area contributed by atoms with Gasteiger partial charge >= 0.3 is 5.97 Å². The number of para-hydroxylation sites is 2. The van der Waals surface area contributed by atoms with E-state index < -0.39 is 16.9 Å². The molecule has 172 valence electrons. The van der Waals surface area contributed by atoms with Gasteiger partial charge in [0, 0.05) is 12.5 Å². The van der Waals surface area contributed by atoms with Crippen molar-refractivity contribution in [3.63, 3.8) is 0 Å². The van der Waals surface area contributed by atoms with Crippen molar-refractivity contribution in [1.29, 1.82) is 0 Å². The summed E-state index contributed by atoms with van der Waals surface area (Å²) < 4.78 is 6.05. The summed E-state index contributed by atoms with van der Waals surface area (Å²) in [7, 11) is 0. The van der Waals surface area contributed by atoms with Crippen molar-refractivity contribution in [3.8, 4) is 5.75 Å². The molecule has 0 aliphatic heterocycles. The van der Waals surface area contributed by atoms with Crippen molar-refractivity contribution < 1.29 is 19.6 Å². The molecule has 0 heterocycles. The number of phenolic OH excluding ortho intramolecular Hbond substituents is 1. The summed E-state index contributed by atoms with van der Waals surface area (Å²) in [5.74, 6) is 0.910. The molecule has 0 bridgehead atoms. The zero-order valence-electron chi connectivity index (χ0n) is 18.9. The fraction of sp³-hybridized carbons (Fsp3) is 0.480. The Hall–Kier alpha value is -3.09. The first kappa shape index (κ1) is 23.6. The van der Waals surface area contributed by atoms with Crippen molar-refractivity contribution >= 4 is 17.3 Å². The van der Waals surface area contributed by atoms with E-state index in [1.807, 2.05) is 0 Å². The number of benzene rings is 2. The van der Waals surface area contributed by atoms with Crippen LogP contribution in [0.4, 0.5) is 11.4 Å². The predicted octanol–water partition coefficient (Wildman–Crippen LogP) is 5.33. The van der Waals surface area contributed by atoms with Crippen LogP contribution < -0.4 is 5.32 Å². The fourth-order valence-electron chi connectivity index (χ4n) is 4.49. The number of ether oxygens (including phenoxy) is 1. The van der Waals surface area contributed by atoms with Crippen LogP contribution in [0.5, 0.6) is 5.75 Å². The minimum atomic E-state index is -0.800. The van der Waals surface area contributed by atoms with Gasteiger partial charge in [0.05, 0.1) is 4.92 Å². The molecule has 1 aliphatic carbocycles. The summed E-state index contributed by atoms with van der Waals surface area (Å²) >= 11 is 0. The molecule has 2 aromatic rings. The number of esters is 1. The molecule has 0 spiro atoms. The molecular formula is C25H32N2O5. The quantitative estimate of drug-likeness (QED) is 0.327. The van der Waals surface area contributed by atoms with E-state index in [1.165, 1.54) is 6.07 Å². The van der Waals surface area contributed by atoms with E-state index in [-0.39, 0.29) is 29.6 Å². The van der Waals surface area contributed by atoms with Crippen LogP contribution in [0.1, 0.15) is 45.6 Å². The van der Waals surface area contributed by atoms with Crippen molar-refractivity contribution in [2.24, 2.45) is 17.8 Å². The largest absolute Gasteiger partial charge is 0.508 e. The number of carbonyl (C=O) groups is 1. The third kappa shape index (κ3) is 5.99. The molecule has 2 aromatic carbocycles. The molecule has 2 N–H and O–H groups in total. The second-order valence-electron chi connectivity index (χ2n) is 9.14. The molecular weight excluding hydrogens is 408 g/mol. The lowest BCUT2D eigenvalue weighted by atomic mass is 9.75. The summed E-state index contributed by atoms with van der Waals surface area (Å²) in [6.45, 7) is 6.48. The molecule has 0 saturated heterocycles. The molecule has 4 atom stereocenters. The van der Waals surface area contributed by atoms with Gasteiger partial charge < -0.3 is 15.2 Å². The van der Waals surface area contributed by atoms with Gasteiger partial charge in [-0.15, -0.1) is 0 Å². The Morgan fingerprint density at radius 1 is 1.19 bits per heavy atom. The number of aromatic hydroxyl groups is 1. The van der Waals surface area contributed by atoms with E-state index in [1.54, 1.807) is 42.5 Å². The van der Waals surface area contributed by atoms with Crippen LogP contribution in [0.2, 0.25) is 0 Å². The van der Waals surface area contributed by atoms with Crippen LogP contribution in [0.25, 0.3) is 0 Å². The molecule has 7 nitrogen and oxygen atoms in total. The van der Waals surface area contributed by atoms with Crippen LogP contribution in [-0.2, 0) is 16.0 Å². The molecule has 3 unspecified atom stereocenters. The summed E-state index contributed by atoms with van der Waals surface area (Å²) in [6, 6.07) is 12.1. The molecule has 0 aromatic heterocycles. The highest BCUT2D eigenvalue weighted by Crippen LogP contribution is 2.36. The Bertz CT molecular complexity index is 928. The van der Waals surface area contributed by atoms with E-state index in [0.717, 1.165) is 24.8 Å². The summed E-state index contributed by atoms with van der Waals surface area (Å²) in [5, 5.41) is 24.1. The van der Waals surface area contributed by atoms with Gasteiger partial charge in [0.2, 0.25) is 0 Å². The molecule has 0 radical (unpaired) electrons. The molecule has 32 heavy (non-hydrogen) atoms. The first-order valence-electron chi connectivity index (χ1n) is 11.2. The number of nitro groups is 1. The van der Waals surface area contributed by atoms with Gasteiger partial charge in [0.1, 0.15) is 23.6 Å². The highest BCUT2D eigenvalue weighted by Gasteiger charge is 2.35. The monoisotopic (exact) mass is 440 g/mol. The number of phenols is 1. The normalized spacial score (nSPS) is 21.7. The Morgan fingerprint density at radius 3 is 2.53 bits per heavy atom. The lowest BCUT2D eigenvalue weighted by Gasteiger charge is -2.37. The van der Waals surface area contributed by atoms with E-state index in [0.29, 0.717) is 17.8 Å². The number of carbonyl (C=O) groups excluding carboxylic acids is 1. The van der Waals surface area contributed by atoms with Crippen molar-refractivity contribution in [3.05, 3.63) is 64.2 Å². The van der Waals surface area contributed by atoms with Crippen LogP contribution in [-0.4, -0.2) is 28.1 Å². The smallest absolute Gasteiger partial charge is 0.329 e. The van der Waals surface area contributed by atoms with Gasteiger partial charge in [-0.1, -0.05) is 51.5 Å².